The molecule has 0 aliphatic carbocycles. The summed E-state index contributed by atoms with van der Waals surface area (Å²) in [5, 5.41) is 3.62. The first-order chi connectivity index (χ1) is 15.1. The smallest absolute Gasteiger partial charge is 0.180 e. The molecular formula is C22H21ClFN3O4. The number of aromatic nitrogens is 2. The molecule has 7 nitrogen and oxygen atoms in total. The molecule has 0 fully saturated rings. The van der Waals surface area contributed by atoms with Gasteiger partial charge in [0, 0.05) is 25.8 Å². The van der Waals surface area contributed by atoms with Crippen molar-refractivity contribution in [1.82, 2.24) is 9.97 Å². The standard InChI is InChI=1S/C22H21ClFN3O4/c1-4-14-5-6-15(24)16(11-14)27-22-19-17(25-13-26-22)12-18(30-9-7-28-2)21(20(19)23)31-10-8-29-3/h1,5-6,11-13H,7-10H2,2-3H3,(H,25,26,27). The predicted molar refractivity (Wildman–Crippen MR) is 117 cm³/mol. The van der Waals surface area contributed by atoms with Crippen molar-refractivity contribution in [1.29, 1.82) is 0 Å². The first-order valence-electron chi connectivity index (χ1n) is 9.33. The Morgan fingerprint density at radius 1 is 1.06 bits per heavy atom. The number of terminal acetylenes is 1. The second-order valence-corrected chi connectivity index (χ2v) is 6.66. The van der Waals surface area contributed by atoms with Crippen LogP contribution in [0.1, 0.15) is 5.56 Å². The van der Waals surface area contributed by atoms with Gasteiger partial charge in [-0.05, 0) is 18.2 Å². The Bertz CT molecular complexity index is 1100. The number of benzene rings is 2. The Labute approximate surface area is 184 Å². The summed E-state index contributed by atoms with van der Waals surface area (Å²) in [6.45, 7) is 1.28. The molecule has 3 aromatic rings. The molecule has 0 aliphatic rings. The molecule has 0 spiro atoms. The van der Waals surface area contributed by atoms with Crippen molar-refractivity contribution in [2.75, 3.05) is 46.0 Å². The number of nitrogens with one attached hydrogen (secondary N) is 1. The van der Waals surface area contributed by atoms with Crippen LogP contribution in [0.4, 0.5) is 15.9 Å². The van der Waals surface area contributed by atoms with Crippen LogP contribution < -0.4 is 14.8 Å². The van der Waals surface area contributed by atoms with E-state index in [9.17, 15) is 4.39 Å². The second-order valence-electron chi connectivity index (χ2n) is 6.28. The normalized spacial score (nSPS) is 10.7. The fourth-order valence-corrected chi connectivity index (χ4v) is 3.11. The molecule has 0 amide bonds. The molecule has 1 heterocycles. The van der Waals surface area contributed by atoms with Gasteiger partial charge in [-0.1, -0.05) is 17.5 Å². The van der Waals surface area contributed by atoms with Crippen molar-refractivity contribution in [2.24, 2.45) is 0 Å². The summed E-state index contributed by atoms with van der Waals surface area (Å²) in [6.07, 6.45) is 6.77. The minimum atomic E-state index is -0.488. The molecule has 0 aliphatic heterocycles. The molecule has 0 saturated carbocycles. The monoisotopic (exact) mass is 445 g/mol. The van der Waals surface area contributed by atoms with Gasteiger partial charge in [-0.3, -0.25) is 0 Å². The maximum Gasteiger partial charge on any atom is 0.180 e. The minimum Gasteiger partial charge on any atom is -0.487 e. The van der Waals surface area contributed by atoms with Crippen molar-refractivity contribution in [2.45, 2.75) is 0 Å². The summed E-state index contributed by atoms with van der Waals surface area (Å²) < 4.78 is 36.0. The van der Waals surface area contributed by atoms with Crippen LogP contribution in [0, 0.1) is 18.2 Å². The minimum absolute atomic E-state index is 0.161. The molecule has 0 unspecified atom stereocenters. The van der Waals surface area contributed by atoms with Crippen molar-refractivity contribution in [3.63, 3.8) is 0 Å². The van der Waals surface area contributed by atoms with Gasteiger partial charge in [-0.25, -0.2) is 14.4 Å². The van der Waals surface area contributed by atoms with E-state index >= 15 is 0 Å². The van der Waals surface area contributed by atoms with E-state index in [4.69, 9.17) is 37.0 Å². The molecule has 0 atom stereocenters. The summed E-state index contributed by atoms with van der Waals surface area (Å²) in [6, 6.07) is 5.98. The van der Waals surface area contributed by atoms with E-state index in [0.717, 1.165) is 0 Å². The van der Waals surface area contributed by atoms with Crippen molar-refractivity contribution < 1.29 is 23.3 Å². The number of methoxy groups -OCH3 is 2. The fourth-order valence-electron chi connectivity index (χ4n) is 2.77. The SMILES string of the molecule is C#Cc1ccc(F)c(Nc2ncnc3cc(OCCOC)c(OCCOC)c(Cl)c23)c1. The third-order valence-electron chi connectivity index (χ3n) is 4.25. The summed E-state index contributed by atoms with van der Waals surface area (Å²) in [7, 11) is 3.14. The number of anilines is 2. The van der Waals surface area contributed by atoms with Gasteiger partial charge in [0.05, 0.1) is 34.8 Å². The highest BCUT2D eigenvalue weighted by Crippen LogP contribution is 2.43. The zero-order valence-electron chi connectivity index (χ0n) is 17.1. The van der Waals surface area contributed by atoms with Crippen molar-refractivity contribution in [3.05, 3.63) is 47.0 Å². The lowest BCUT2D eigenvalue weighted by Crippen LogP contribution is -2.09. The molecule has 31 heavy (non-hydrogen) atoms. The number of fused-ring (bicyclic) bond motifs is 1. The van der Waals surface area contributed by atoms with Crippen LogP contribution >= 0.6 is 11.6 Å². The fraction of sp³-hybridized carbons (Fsp3) is 0.273. The van der Waals surface area contributed by atoms with E-state index < -0.39 is 5.82 Å². The number of ether oxygens (including phenoxy) is 4. The molecular weight excluding hydrogens is 425 g/mol. The van der Waals surface area contributed by atoms with Crippen LogP contribution in [0.5, 0.6) is 11.5 Å². The largest absolute Gasteiger partial charge is 0.487 e. The number of hydrogen-bond donors (Lipinski definition) is 1. The van der Waals surface area contributed by atoms with Crippen LogP contribution in [0.2, 0.25) is 5.02 Å². The molecule has 2 aromatic carbocycles. The second kappa shape index (κ2) is 10.8. The van der Waals surface area contributed by atoms with E-state index in [1.165, 1.54) is 24.5 Å². The summed E-state index contributed by atoms with van der Waals surface area (Å²) >= 11 is 6.69. The van der Waals surface area contributed by atoms with Crippen LogP contribution in [-0.2, 0) is 9.47 Å². The zero-order chi connectivity index (χ0) is 22.2. The molecule has 0 bridgehead atoms. The third kappa shape index (κ3) is 5.33. The van der Waals surface area contributed by atoms with Crippen LogP contribution in [-0.4, -0.2) is 50.6 Å². The van der Waals surface area contributed by atoms with Crippen molar-refractivity contribution >= 4 is 34.0 Å². The van der Waals surface area contributed by atoms with Gasteiger partial charge in [0.25, 0.3) is 0 Å². The van der Waals surface area contributed by atoms with Crippen LogP contribution in [0.3, 0.4) is 0 Å². The average molecular weight is 446 g/mol. The number of rotatable bonds is 10. The number of nitrogens with zero attached hydrogens (tertiary/aromatic N) is 2. The zero-order valence-corrected chi connectivity index (χ0v) is 17.8. The molecule has 1 N–H and O–H groups in total. The first-order valence-corrected chi connectivity index (χ1v) is 9.70. The van der Waals surface area contributed by atoms with Gasteiger partial charge >= 0.3 is 0 Å². The van der Waals surface area contributed by atoms with Gasteiger partial charge < -0.3 is 24.3 Å². The number of hydrogen-bond acceptors (Lipinski definition) is 7. The lowest BCUT2D eigenvalue weighted by Gasteiger charge is -2.17. The quantitative estimate of drug-likeness (QED) is 0.370. The van der Waals surface area contributed by atoms with Crippen LogP contribution in [0.25, 0.3) is 10.9 Å². The van der Waals surface area contributed by atoms with Gasteiger partial charge in [0.2, 0.25) is 0 Å². The van der Waals surface area contributed by atoms with Gasteiger partial charge in [0.1, 0.15) is 31.2 Å². The Balaban J connectivity index is 2.07. The first kappa shape index (κ1) is 22.6. The van der Waals surface area contributed by atoms with E-state index in [0.29, 0.717) is 53.6 Å². The topological polar surface area (TPSA) is 74.7 Å². The summed E-state index contributed by atoms with van der Waals surface area (Å²) in [4.78, 5) is 8.51. The van der Waals surface area contributed by atoms with Crippen molar-refractivity contribution in [3.8, 4) is 23.8 Å². The van der Waals surface area contributed by atoms with E-state index in [-0.39, 0.29) is 17.3 Å². The Kier molecular flexibility index (Phi) is 7.84. The van der Waals surface area contributed by atoms with Gasteiger partial charge in [0.15, 0.2) is 11.5 Å². The van der Waals surface area contributed by atoms with Gasteiger partial charge in [-0.2, -0.15) is 0 Å². The molecule has 0 saturated heterocycles. The third-order valence-corrected chi connectivity index (χ3v) is 4.61. The average Bonchev–Trinajstić information content (AvgIpc) is 2.77. The Morgan fingerprint density at radius 2 is 1.81 bits per heavy atom. The summed E-state index contributed by atoms with van der Waals surface area (Å²) in [5.41, 5.74) is 1.17. The molecule has 0 radical (unpaired) electrons. The van der Waals surface area contributed by atoms with E-state index in [1.54, 1.807) is 20.3 Å². The highest BCUT2D eigenvalue weighted by Gasteiger charge is 2.20. The highest BCUT2D eigenvalue weighted by atomic mass is 35.5. The van der Waals surface area contributed by atoms with E-state index in [2.05, 4.69) is 21.2 Å². The Morgan fingerprint density at radius 3 is 2.52 bits per heavy atom. The summed E-state index contributed by atoms with van der Waals surface area (Å²) in [5.74, 6) is 2.98. The molecule has 9 heteroatoms. The highest BCUT2D eigenvalue weighted by molar-refractivity contribution is 6.38. The number of halogens is 2. The Hall–Kier alpha value is -3.12. The lowest BCUT2D eigenvalue weighted by molar-refractivity contribution is 0.132. The predicted octanol–water partition coefficient (Wildman–Crippen LogP) is 4.20. The molecule has 1 aromatic heterocycles. The molecule has 162 valence electrons. The molecule has 3 rings (SSSR count). The van der Waals surface area contributed by atoms with E-state index in [1.807, 2.05) is 0 Å². The maximum absolute atomic E-state index is 14.3. The maximum atomic E-state index is 14.3. The van der Waals surface area contributed by atoms with Crippen LogP contribution in [0.15, 0.2) is 30.6 Å². The lowest BCUT2D eigenvalue weighted by atomic mass is 10.1. The van der Waals surface area contributed by atoms with Gasteiger partial charge in [-0.15, -0.1) is 6.42 Å².